The summed E-state index contributed by atoms with van der Waals surface area (Å²) in [5, 5.41) is 3.69. The summed E-state index contributed by atoms with van der Waals surface area (Å²) < 4.78 is 6.45. The Bertz CT molecular complexity index is 272. The Labute approximate surface area is 133 Å². The Morgan fingerprint density at radius 2 is 1.81 bits per heavy atom. The number of rotatable bonds is 8. The number of ether oxygens (including phenoxy) is 1. The molecule has 21 heavy (non-hydrogen) atoms. The number of hydrogen-bond donors (Lipinski definition) is 1. The highest BCUT2D eigenvalue weighted by molar-refractivity contribution is 4.91. The first kappa shape index (κ1) is 19.0. The minimum atomic E-state index is 0.0932. The van der Waals surface area contributed by atoms with Crippen molar-refractivity contribution >= 4 is 0 Å². The molecule has 0 bridgehead atoms. The molecule has 0 amide bonds. The van der Waals surface area contributed by atoms with E-state index in [4.69, 9.17) is 4.74 Å². The lowest BCUT2D eigenvalue weighted by molar-refractivity contribution is -0.0808. The molecular weight excluding hydrogens is 258 g/mol. The first-order valence-corrected chi connectivity index (χ1v) is 9.15. The van der Waals surface area contributed by atoms with Crippen LogP contribution in [0.3, 0.4) is 0 Å². The molecule has 126 valence electrons. The smallest absolute Gasteiger partial charge is 0.0806 e. The van der Waals surface area contributed by atoms with E-state index in [9.17, 15) is 0 Å². The van der Waals surface area contributed by atoms with Crippen molar-refractivity contribution in [2.45, 2.75) is 97.6 Å². The van der Waals surface area contributed by atoms with Crippen LogP contribution < -0.4 is 5.32 Å². The van der Waals surface area contributed by atoms with Crippen LogP contribution in [0.1, 0.15) is 86.5 Å². The van der Waals surface area contributed by atoms with Gasteiger partial charge in [-0.1, -0.05) is 27.2 Å². The first-order chi connectivity index (χ1) is 9.76. The largest absolute Gasteiger partial charge is 0.374 e. The molecule has 1 N–H and O–H groups in total. The van der Waals surface area contributed by atoms with Crippen LogP contribution in [0.15, 0.2) is 0 Å². The molecular formula is C19H39NO. The van der Waals surface area contributed by atoms with Crippen LogP contribution in [0.4, 0.5) is 0 Å². The van der Waals surface area contributed by atoms with Gasteiger partial charge in [0.25, 0.3) is 0 Å². The lowest BCUT2D eigenvalue weighted by atomic mass is 9.77. The SMILES string of the molecule is CCC1CCC(CNC(C)(C)C)(OCCCC(C)C)CC1. The highest BCUT2D eigenvalue weighted by Gasteiger charge is 2.36. The van der Waals surface area contributed by atoms with Crippen LogP contribution in [0.2, 0.25) is 0 Å². The predicted molar refractivity (Wildman–Crippen MR) is 92.8 cm³/mol. The van der Waals surface area contributed by atoms with E-state index in [1.807, 2.05) is 0 Å². The van der Waals surface area contributed by atoms with E-state index in [0.29, 0.717) is 0 Å². The van der Waals surface area contributed by atoms with Crippen molar-refractivity contribution in [3.63, 3.8) is 0 Å². The predicted octanol–water partition coefficient (Wildman–Crippen LogP) is 5.17. The maximum absolute atomic E-state index is 6.45. The molecule has 0 atom stereocenters. The Hall–Kier alpha value is -0.0800. The minimum Gasteiger partial charge on any atom is -0.374 e. The summed E-state index contributed by atoms with van der Waals surface area (Å²) >= 11 is 0. The van der Waals surface area contributed by atoms with Crippen molar-refractivity contribution in [2.24, 2.45) is 11.8 Å². The molecule has 2 heteroatoms. The van der Waals surface area contributed by atoms with Crippen LogP contribution in [0.5, 0.6) is 0 Å². The molecule has 0 saturated heterocycles. The van der Waals surface area contributed by atoms with Crippen LogP contribution >= 0.6 is 0 Å². The van der Waals surface area contributed by atoms with Crippen LogP contribution in [0, 0.1) is 11.8 Å². The average Bonchev–Trinajstić information content (AvgIpc) is 2.41. The van der Waals surface area contributed by atoms with Crippen LogP contribution in [-0.2, 0) is 4.74 Å². The van der Waals surface area contributed by atoms with Gasteiger partial charge in [-0.3, -0.25) is 0 Å². The zero-order valence-electron chi connectivity index (χ0n) is 15.4. The van der Waals surface area contributed by atoms with Crippen LogP contribution in [0.25, 0.3) is 0 Å². The highest BCUT2D eigenvalue weighted by Crippen LogP contribution is 2.36. The van der Waals surface area contributed by atoms with Crippen molar-refractivity contribution in [1.29, 1.82) is 0 Å². The molecule has 0 unspecified atom stereocenters. The lowest BCUT2D eigenvalue weighted by Crippen LogP contribution is -2.51. The van der Waals surface area contributed by atoms with Crippen molar-refractivity contribution in [1.82, 2.24) is 5.32 Å². The molecule has 0 aromatic carbocycles. The summed E-state index contributed by atoms with van der Waals surface area (Å²) in [5.41, 5.74) is 0.270. The average molecular weight is 298 g/mol. The van der Waals surface area contributed by atoms with Gasteiger partial charge >= 0.3 is 0 Å². The topological polar surface area (TPSA) is 21.3 Å². The standard InChI is InChI=1S/C19H39NO/c1-7-17-10-12-19(13-11-17,15-20-18(4,5)6)21-14-8-9-16(2)3/h16-17,20H,7-15H2,1-6H3. The zero-order valence-corrected chi connectivity index (χ0v) is 15.4. The van der Waals surface area contributed by atoms with Gasteiger partial charge in [-0.25, -0.2) is 0 Å². The Kier molecular flexibility index (Phi) is 7.70. The third kappa shape index (κ3) is 7.65. The maximum atomic E-state index is 6.45. The second-order valence-corrected chi connectivity index (χ2v) is 8.52. The number of nitrogens with one attached hydrogen (secondary N) is 1. The minimum absolute atomic E-state index is 0.0932. The summed E-state index contributed by atoms with van der Waals surface area (Å²) in [5.74, 6) is 1.71. The summed E-state index contributed by atoms with van der Waals surface area (Å²) in [7, 11) is 0. The Morgan fingerprint density at radius 3 is 2.29 bits per heavy atom. The fraction of sp³-hybridized carbons (Fsp3) is 1.00. The molecule has 1 saturated carbocycles. The van der Waals surface area contributed by atoms with Crippen molar-refractivity contribution in [2.75, 3.05) is 13.2 Å². The van der Waals surface area contributed by atoms with Gasteiger partial charge in [0.2, 0.25) is 0 Å². The lowest BCUT2D eigenvalue weighted by Gasteiger charge is -2.42. The van der Waals surface area contributed by atoms with E-state index in [0.717, 1.165) is 25.0 Å². The van der Waals surface area contributed by atoms with Gasteiger partial charge in [-0.05, 0) is 71.1 Å². The molecule has 1 fully saturated rings. The highest BCUT2D eigenvalue weighted by atomic mass is 16.5. The van der Waals surface area contributed by atoms with E-state index in [2.05, 4.69) is 46.9 Å². The molecule has 1 aliphatic carbocycles. The molecule has 0 spiro atoms. The fourth-order valence-electron chi connectivity index (χ4n) is 3.19. The summed E-state index contributed by atoms with van der Waals surface area (Å²) in [6, 6.07) is 0. The van der Waals surface area contributed by atoms with Gasteiger partial charge in [0, 0.05) is 18.7 Å². The number of hydrogen-bond acceptors (Lipinski definition) is 2. The molecule has 0 aromatic heterocycles. The van der Waals surface area contributed by atoms with Gasteiger partial charge in [-0.2, -0.15) is 0 Å². The molecule has 2 nitrogen and oxygen atoms in total. The van der Waals surface area contributed by atoms with Gasteiger partial charge in [0.1, 0.15) is 0 Å². The fourth-order valence-corrected chi connectivity index (χ4v) is 3.19. The molecule has 1 aliphatic rings. The van der Waals surface area contributed by atoms with Crippen LogP contribution in [-0.4, -0.2) is 24.3 Å². The molecule has 0 heterocycles. The summed E-state index contributed by atoms with van der Waals surface area (Å²) in [4.78, 5) is 0. The normalized spacial score (nSPS) is 27.3. The van der Waals surface area contributed by atoms with Gasteiger partial charge in [0.05, 0.1) is 5.60 Å². The Balaban J connectivity index is 2.49. The van der Waals surface area contributed by atoms with Gasteiger partial charge in [-0.15, -0.1) is 0 Å². The zero-order chi connectivity index (χ0) is 15.9. The van der Waals surface area contributed by atoms with Gasteiger partial charge in [0.15, 0.2) is 0 Å². The monoisotopic (exact) mass is 297 g/mol. The molecule has 0 radical (unpaired) electrons. The van der Waals surface area contributed by atoms with E-state index in [1.165, 1.54) is 44.9 Å². The van der Waals surface area contributed by atoms with E-state index >= 15 is 0 Å². The molecule has 1 rings (SSSR count). The first-order valence-electron chi connectivity index (χ1n) is 9.15. The maximum Gasteiger partial charge on any atom is 0.0806 e. The third-order valence-electron chi connectivity index (χ3n) is 4.87. The van der Waals surface area contributed by atoms with Crippen molar-refractivity contribution in [3.8, 4) is 0 Å². The second-order valence-electron chi connectivity index (χ2n) is 8.52. The second kappa shape index (κ2) is 8.53. The third-order valence-corrected chi connectivity index (χ3v) is 4.87. The summed E-state index contributed by atoms with van der Waals surface area (Å²) in [6.45, 7) is 15.6. The van der Waals surface area contributed by atoms with Crippen molar-refractivity contribution in [3.05, 3.63) is 0 Å². The van der Waals surface area contributed by atoms with Gasteiger partial charge < -0.3 is 10.1 Å². The quantitative estimate of drug-likeness (QED) is 0.624. The van der Waals surface area contributed by atoms with Crippen molar-refractivity contribution < 1.29 is 4.74 Å². The molecule has 0 aliphatic heterocycles. The van der Waals surface area contributed by atoms with E-state index in [1.54, 1.807) is 0 Å². The van der Waals surface area contributed by atoms with E-state index in [-0.39, 0.29) is 11.1 Å². The van der Waals surface area contributed by atoms with E-state index < -0.39 is 0 Å². The summed E-state index contributed by atoms with van der Waals surface area (Å²) in [6.07, 6.45) is 8.95. The molecule has 0 aromatic rings. The Morgan fingerprint density at radius 1 is 1.19 bits per heavy atom.